The molecule has 1 N–H and O–H groups in total. The van der Waals surface area contributed by atoms with Crippen LogP contribution in [-0.4, -0.2) is 30.3 Å². The Kier molecular flexibility index (Phi) is 5.29. The Balaban J connectivity index is 2.23. The molecule has 1 aromatic carbocycles. The maximum Gasteiger partial charge on any atom is 0.194 e. The summed E-state index contributed by atoms with van der Waals surface area (Å²) < 4.78 is 0. The van der Waals surface area contributed by atoms with Crippen molar-refractivity contribution in [2.75, 3.05) is 25.1 Å². The molecule has 0 saturated carbocycles. The lowest BCUT2D eigenvalue weighted by molar-refractivity contribution is 0.304. The van der Waals surface area contributed by atoms with Gasteiger partial charge in [-0.1, -0.05) is 35.9 Å². The summed E-state index contributed by atoms with van der Waals surface area (Å²) in [6.45, 7) is 10.0. The Morgan fingerprint density at radius 1 is 1.27 bits per heavy atom. The van der Waals surface area contributed by atoms with E-state index in [1.165, 1.54) is 5.56 Å². The quantitative estimate of drug-likeness (QED) is 0.860. The molecule has 0 unspecified atom stereocenters. The Morgan fingerprint density at radius 3 is 2.55 bits per heavy atom. The first-order valence-corrected chi connectivity index (χ1v) is 7.08. The zero-order valence-corrected chi connectivity index (χ0v) is 12.8. The fourth-order valence-corrected chi connectivity index (χ4v) is 2.04. The molecule has 112 valence electrons. The minimum atomic E-state index is 0.0924. The smallest absolute Gasteiger partial charge is 0.194 e. The van der Waals surface area contributed by atoms with Crippen LogP contribution in [0.3, 0.4) is 0 Å². The number of aliphatic hydroxyl groups is 1. The van der Waals surface area contributed by atoms with Crippen molar-refractivity contribution in [3.05, 3.63) is 70.7 Å². The van der Waals surface area contributed by atoms with Crippen molar-refractivity contribution in [3.8, 4) is 0 Å². The van der Waals surface area contributed by atoms with Crippen LogP contribution >= 0.6 is 0 Å². The molecule has 0 fully saturated rings. The number of anilines is 1. The minimum absolute atomic E-state index is 0.0924. The van der Waals surface area contributed by atoms with Crippen molar-refractivity contribution in [3.63, 3.8) is 0 Å². The first-order valence-electron chi connectivity index (χ1n) is 7.08. The van der Waals surface area contributed by atoms with E-state index < -0.39 is 0 Å². The van der Waals surface area contributed by atoms with Gasteiger partial charge in [-0.25, -0.2) is 9.83 Å². The van der Waals surface area contributed by atoms with E-state index in [4.69, 9.17) is 11.7 Å². The lowest BCUT2D eigenvalue weighted by atomic mass is 10.1. The van der Waals surface area contributed by atoms with Crippen LogP contribution in [0.4, 0.5) is 5.82 Å². The van der Waals surface area contributed by atoms with Crippen LogP contribution in [0.2, 0.25) is 0 Å². The predicted octanol–water partition coefficient (Wildman–Crippen LogP) is 3.24. The van der Waals surface area contributed by atoms with Gasteiger partial charge < -0.3 is 10.0 Å². The first kappa shape index (κ1) is 15.7. The number of nitrogens with zero attached hydrogens (tertiary/aromatic N) is 3. The zero-order chi connectivity index (χ0) is 15.9. The van der Waals surface area contributed by atoms with Gasteiger partial charge in [0, 0.05) is 19.8 Å². The molecule has 0 atom stereocenters. The van der Waals surface area contributed by atoms with Crippen molar-refractivity contribution in [2.45, 2.75) is 6.92 Å². The Morgan fingerprint density at radius 2 is 2.00 bits per heavy atom. The van der Waals surface area contributed by atoms with Crippen LogP contribution < -0.4 is 4.90 Å². The van der Waals surface area contributed by atoms with E-state index in [1.54, 1.807) is 6.20 Å². The number of rotatable bonds is 5. The van der Waals surface area contributed by atoms with Gasteiger partial charge in [-0.15, -0.1) is 0 Å². The third-order valence-corrected chi connectivity index (χ3v) is 3.37. The lowest BCUT2D eigenvalue weighted by Crippen LogP contribution is -2.21. The standard InChI is InChI=1S/C18H19N3O/c1-14-4-7-16(8-5-14)17(19-2)12-15-6-9-18(20-13-15)21(3)10-11-22/h4-9,12-13,22H,10-11H2,1,3H3/b17-12-. The fraction of sp³-hybridized carbons (Fsp3) is 0.222. The van der Waals surface area contributed by atoms with Crippen molar-refractivity contribution in [2.24, 2.45) is 0 Å². The van der Waals surface area contributed by atoms with Crippen LogP contribution in [0.15, 0.2) is 42.6 Å². The first-order chi connectivity index (χ1) is 10.6. The summed E-state index contributed by atoms with van der Waals surface area (Å²) >= 11 is 0. The van der Waals surface area contributed by atoms with Crippen molar-refractivity contribution in [1.29, 1.82) is 0 Å². The summed E-state index contributed by atoms with van der Waals surface area (Å²) in [6.07, 6.45) is 3.57. The van der Waals surface area contributed by atoms with Crippen LogP contribution in [0, 0.1) is 13.5 Å². The third kappa shape index (κ3) is 3.94. The zero-order valence-electron chi connectivity index (χ0n) is 12.8. The van der Waals surface area contributed by atoms with Gasteiger partial charge in [-0.05, 0) is 30.2 Å². The molecular formula is C18H19N3O. The molecule has 1 aromatic heterocycles. The number of hydrogen-bond acceptors (Lipinski definition) is 3. The summed E-state index contributed by atoms with van der Waals surface area (Å²) in [7, 11) is 1.88. The third-order valence-electron chi connectivity index (χ3n) is 3.37. The monoisotopic (exact) mass is 293 g/mol. The molecule has 4 nitrogen and oxygen atoms in total. The second kappa shape index (κ2) is 7.39. The average molecular weight is 293 g/mol. The van der Waals surface area contributed by atoms with Crippen LogP contribution in [0.5, 0.6) is 0 Å². The van der Waals surface area contributed by atoms with E-state index in [2.05, 4.69) is 9.83 Å². The topological polar surface area (TPSA) is 40.7 Å². The lowest BCUT2D eigenvalue weighted by Gasteiger charge is -2.16. The van der Waals surface area contributed by atoms with Gasteiger partial charge in [-0.3, -0.25) is 0 Å². The van der Waals surface area contributed by atoms with E-state index in [-0.39, 0.29) is 6.61 Å². The summed E-state index contributed by atoms with van der Waals surface area (Å²) in [4.78, 5) is 9.85. The maximum atomic E-state index is 8.94. The largest absolute Gasteiger partial charge is 0.395 e. The van der Waals surface area contributed by atoms with E-state index >= 15 is 0 Å². The molecule has 0 aliphatic heterocycles. The highest BCUT2D eigenvalue weighted by Crippen LogP contribution is 2.20. The second-order valence-corrected chi connectivity index (χ2v) is 5.10. The van der Waals surface area contributed by atoms with Gasteiger partial charge in [0.05, 0.1) is 13.2 Å². The van der Waals surface area contributed by atoms with Crippen LogP contribution in [0.25, 0.3) is 16.6 Å². The van der Waals surface area contributed by atoms with Gasteiger partial charge >= 0.3 is 0 Å². The second-order valence-electron chi connectivity index (χ2n) is 5.10. The molecular weight excluding hydrogens is 274 g/mol. The molecule has 0 radical (unpaired) electrons. The molecule has 1 heterocycles. The number of aromatic nitrogens is 1. The van der Waals surface area contributed by atoms with E-state index in [0.29, 0.717) is 12.2 Å². The number of aliphatic hydroxyl groups excluding tert-OH is 1. The molecule has 22 heavy (non-hydrogen) atoms. The molecule has 0 saturated heterocycles. The number of benzene rings is 1. The van der Waals surface area contributed by atoms with Crippen LogP contribution in [0.1, 0.15) is 16.7 Å². The maximum absolute atomic E-state index is 8.94. The molecule has 2 rings (SSSR count). The molecule has 0 amide bonds. The molecule has 0 bridgehead atoms. The summed E-state index contributed by atoms with van der Waals surface area (Å²) in [5.74, 6) is 0.797. The van der Waals surface area contributed by atoms with Crippen molar-refractivity contribution >= 4 is 17.6 Å². The highest BCUT2D eigenvalue weighted by atomic mass is 16.3. The predicted molar refractivity (Wildman–Crippen MR) is 90.2 cm³/mol. The van der Waals surface area contributed by atoms with E-state index in [9.17, 15) is 0 Å². The number of pyridine rings is 1. The molecule has 0 aliphatic carbocycles. The van der Waals surface area contributed by atoms with E-state index in [0.717, 1.165) is 16.9 Å². The summed E-state index contributed by atoms with van der Waals surface area (Å²) in [6, 6.07) is 11.7. The van der Waals surface area contributed by atoms with Crippen molar-refractivity contribution in [1.82, 2.24) is 4.98 Å². The summed E-state index contributed by atoms with van der Waals surface area (Å²) in [5, 5.41) is 8.94. The van der Waals surface area contributed by atoms with Gasteiger partial charge in [0.2, 0.25) is 0 Å². The highest BCUT2D eigenvalue weighted by molar-refractivity contribution is 5.85. The van der Waals surface area contributed by atoms with Gasteiger partial charge in [0.1, 0.15) is 5.82 Å². The van der Waals surface area contributed by atoms with Gasteiger partial charge in [0.15, 0.2) is 5.70 Å². The fourth-order valence-electron chi connectivity index (χ4n) is 2.04. The molecule has 4 heteroatoms. The van der Waals surface area contributed by atoms with E-state index in [1.807, 2.05) is 61.3 Å². The number of aryl methyl sites for hydroxylation is 1. The Hall–Kier alpha value is -2.64. The Bertz CT molecular complexity index is 682. The van der Waals surface area contributed by atoms with Gasteiger partial charge in [0.25, 0.3) is 0 Å². The Labute approximate surface area is 131 Å². The molecule has 2 aromatic rings. The number of likely N-dealkylation sites (N-methyl/N-ethyl adjacent to an activating group) is 1. The SMILES string of the molecule is [C-]#[N+]/C(=C\c1ccc(N(C)CCO)nc1)c1ccc(C)cc1. The van der Waals surface area contributed by atoms with Crippen molar-refractivity contribution < 1.29 is 5.11 Å². The average Bonchev–Trinajstić information content (AvgIpc) is 2.54. The minimum Gasteiger partial charge on any atom is -0.395 e. The highest BCUT2D eigenvalue weighted by Gasteiger charge is 2.04. The summed E-state index contributed by atoms with van der Waals surface area (Å²) in [5.41, 5.74) is 3.55. The van der Waals surface area contributed by atoms with Gasteiger partial charge in [-0.2, -0.15) is 0 Å². The normalized spacial score (nSPS) is 11.1. The number of hydrogen-bond donors (Lipinski definition) is 1. The van der Waals surface area contributed by atoms with Crippen LogP contribution in [-0.2, 0) is 0 Å². The molecule has 0 spiro atoms. The molecule has 0 aliphatic rings.